The third kappa shape index (κ3) is 3.26. The summed E-state index contributed by atoms with van der Waals surface area (Å²) in [6, 6.07) is 4.85. The van der Waals surface area contributed by atoms with Gasteiger partial charge in [-0.15, -0.1) is 0 Å². The Hall–Kier alpha value is -0.980. The van der Waals surface area contributed by atoms with E-state index in [2.05, 4.69) is 27.9 Å². The van der Waals surface area contributed by atoms with Crippen LogP contribution in [0.1, 0.15) is 16.8 Å². The minimum absolute atomic E-state index is 0.114. The summed E-state index contributed by atoms with van der Waals surface area (Å²) in [7, 11) is 1.45. The first-order chi connectivity index (χ1) is 7.70. The Morgan fingerprint density at radius 3 is 2.94 bits per heavy atom. The zero-order chi connectivity index (χ0) is 12.0. The van der Waals surface area contributed by atoms with E-state index in [0.717, 1.165) is 10.8 Å². The van der Waals surface area contributed by atoms with E-state index < -0.39 is 0 Å². The van der Waals surface area contributed by atoms with E-state index in [1.807, 2.05) is 0 Å². The number of rotatable bonds is 5. The van der Waals surface area contributed by atoms with E-state index >= 15 is 0 Å². The molecule has 0 heterocycles. The lowest BCUT2D eigenvalue weighted by molar-refractivity contribution is 0.0950. The second-order valence-corrected chi connectivity index (χ2v) is 4.23. The maximum Gasteiger partial charge on any atom is 0.255 e. The van der Waals surface area contributed by atoms with Gasteiger partial charge >= 0.3 is 0 Å². The van der Waals surface area contributed by atoms with Crippen molar-refractivity contribution in [1.82, 2.24) is 5.32 Å². The Balaban J connectivity index is 2.75. The van der Waals surface area contributed by atoms with Crippen LogP contribution in [0.5, 0.6) is 11.5 Å². The largest absolute Gasteiger partial charge is 0.504 e. The topological polar surface area (TPSA) is 58.6 Å². The number of aromatic hydroxyl groups is 1. The molecular weight excluding hydrogens is 321 g/mol. The van der Waals surface area contributed by atoms with Gasteiger partial charge in [-0.1, -0.05) is 28.7 Å². The molecular formula is C11H14INO3. The molecule has 0 saturated heterocycles. The molecule has 0 saturated carbocycles. The number of hydrogen-bond acceptors (Lipinski definition) is 3. The molecule has 88 valence electrons. The van der Waals surface area contributed by atoms with Gasteiger partial charge in [0.25, 0.3) is 5.91 Å². The van der Waals surface area contributed by atoms with E-state index in [1.165, 1.54) is 7.11 Å². The van der Waals surface area contributed by atoms with Crippen molar-refractivity contribution >= 4 is 28.5 Å². The predicted molar refractivity (Wildman–Crippen MR) is 70.5 cm³/mol. The molecule has 0 aliphatic rings. The van der Waals surface area contributed by atoms with Crippen molar-refractivity contribution in [3.05, 3.63) is 23.8 Å². The third-order valence-corrected chi connectivity index (χ3v) is 2.82. The molecule has 0 spiro atoms. The predicted octanol–water partition coefficient (Wildman–Crippen LogP) is 1.96. The second kappa shape index (κ2) is 6.57. The Morgan fingerprint density at radius 1 is 1.56 bits per heavy atom. The Kier molecular flexibility index (Phi) is 5.37. The summed E-state index contributed by atoms with van der Waals surface area (Å²) in [6.45, 7) is 0.610. The molecule has 0 atom stereocenters. The van der Waals surface area contributed by atoms with Gasteiger partial charge in [-0.25, -0.2) is 0 Å². The fraction of sp³-hybridized carbons (Fsp3) is 0.364. The highest BCUT2D eigenvalue weighted by molar-refractivity contribution is 14.1. The fourth-order valence-electron chi connectivity index (χ4n) is 1.23. The molecule has 1 amide bonds. The summed E-state index contributed by atoms with van der Waals surface area (Å²) in [6.07, 6.45) is 0.914. The van der Waals surface area contributed by atoms with Crippen molar-refractivity contribution in [2.45, 2.75) is 6.42 Å². The number of nitrogens with one attached hydrogen (secondary N) is 1. The van der Waals surface area contributed by atoms with Crippen LogP contribution in [0.2, 0.25) is 0 Å². The van der Waals surface area contributed by atoms with E-state index in [-0.39, 0.29) is 17.2 Å². The van der Waals surface area contributed by atoms with Gasteiger partial charge in [0, 0.05) is 11.0 Å². The highest BCUT2D eigenvalue weighted by Crippen LogP contribution is 2.28. The first-order valence-corrected chi connectivity index (χ1v) is 6.43. The number of phenols is 1. The molecule has 0 unspecified atom stereocenters. The number of phenolic OH excluding ortho intramolecular Hbond substituents is 1. The minimum atomic E-state index is -0.277. The summed E-state index contributed by atoms with van der Waals surface area (Å²) >= 11 is 2.25. The fourth-order valence-corrected chi connectivity index (χ4v) is 1.62. The van der Waals surface area contributed by atoms with Crippen molar-refractivity contribution in [2.24, 2.45) is 0 Å². The van der Waals surface area contributed by atoms with Gasteiger partial charge in [0.05, 0.1) is 12.7 Å². The van der Waals surface area contributed by atoms with Crippen molar-refractivity contribution in [3.63, 3.8) is 0 Å². The first-order valence-electron chi connectivity index (χ1n) is 4.90. The summed E-state index contributed by atoms with van der Waals surface area (Å²) in [4.78, 5) is 11.7. The maximum absolute atomic E-state index is 11.7. The van der Waals surface area contributed by atoms with Crippen molar-refractivity contribution in [2.75, 3.05) is 18.1 Å². The van der Waals surface area contributed by atoms with Crippen molar-refractivity contribution < 1.29 is 14.6 Å². The van der Waals surface area contributed by atoms with Gasteiger partial charge in [0.1, 0.15) is 0 Å². The van der Waals surface area contributed by atoms with Gasteiger partial charge in [-0.2, -0.15) is 0 Å². The molecule has 0 fully saturated rings. The summed E-state index contributed by atoms with van der Waals surface area (Å²) in [5.41, 5.74) is 0.243. The number of hydrogen-bond donors (Lipinski definition) is 2. The van der Waals surface area contributed by atoms with Crippen LogP contribution in [0.25, 0.3) is 0 Å². The monoisotopic (exact) mass is 335 g/mol. The van der Waals surface area contributed by atoms with Crippen LogP contribution < -0.4 is 10.1 Å². The van der Waals surface area contributed by atoms with Crippen LogP contribution in [0.15, 0.2) is 18.2 Å². The molecule has 16 heavy (non-hydrogen) atoms. The Bertz CT molecular complexity index is 368. The molecule has 0 aliphatic carbocycles. The van der Waals surface area contributed by atoms with Crippen LogP contribution in [-0.2, 0) is 0 Å². The lowest BCUT2D eigenvalue weighted by Crippen LogP contribution is -2.24. The maximum atomic E-state index is 11.7. The van der Waals surface area contributed by atoms with Crippen molar-refractivity contribution in [3.8, 4) is 11.5 Å². The summed E-state index contributed by atoms with van der Waals surface area (Å²) < 4.78 is 5.92. The number of benzene rings is 1. The minimum Gasteiger partial charge on any atom is -0.504 e. The lowest BCUT2D eigenvalue weighted by atomic mass is 10.1. The van der Waals surface area contributed by atoms with Gasteiger partial charge in [0.2, 0.25) is 0 Å². The Morgan fingerprint density at radius 2 is 2.31 bits per heavy atom. The second-order valence-electron chi connectivity index (χ2n) is 3.15. The number of para-hydroxylation sites is 1. The number of halogens is 1. The lowest BCUT2D eigenvalue weighted by Gasteiger charge is -2.08. The van der Waals surface area contributed by atoms with Crippen LogP contribution in [-0.4, -0.2) is 29.1 Å². The molecule has 4 nitrogen and oxygen atoms in total. The zero-order valence-electron chi connectivity index (χ0n) is 9.00. The number of carbonyl (C=O) groups excluding carboxylic acids is 1. The average molecular weight is 335 g/mol. The molecule has 0 aromatic heterocycles. The molecule has 1 rings (SSSR count). The first kappa shape index (κ1) is 13.1. The van der Waals surface area contributed by atoms with Crippen LogP contribution >= 0.6 is 22.6 Å². The Labute approximate surface area is 108 Å². The molecule has 0 bridgehead atoms. The van der Waals surface area contributed by atoms with Gasteiger partial charge in [-0.05, 0) is 18.6 Å². The van der Waals surface area contributed by atoms with E-state index in [1.54, 1.807) is 18.2 Å². The van der Waals surface area contributed by atoms with Gasteiger partial charge in [0.15, 0.2) is 11.5 Å². The molecule has 0 radical (unpaired) electrons. The average Bonchev–Trinajstić information content (AvgIpc) is 2.29. The normalized spacial score (nSPS) is 9.88. The SMILES string of the molecule is COc1cccc(C(=O)NCCCI)c1O. The number of carbonyl (C=O) groups is 1. The summed E-state index contributed by atoms with van der Waals surface area (Å²) in [5, 5.41) is 12.5. The highest BCUT2D eigenvalue weighted by atomic mass is 127. The number of amides is 1. The van der Waals surface area contributed by atoms with Crippen molar-refractivity contribution in [1.29, 1.82) is 0 Å². The number of alkyl halides is 1. The molecule has 1 aromatic carbocycles. The molecule has 5 heteroatoms. The smallest absolute Gasteiger partial charge is 0.255 e. The quantitative estimate of drug-likeness (QED) is 0.491. The van der Waals surface area contributed by atoms with E-state index in [4.69, 9.17) is 4.74 Å². The number of methoxy groups -OCH3 is 1. The molecule has 0 aliphatic heterocycles. The molecule has 1 aromatic rings. The zero-order valence-corrected chi connectivity index (χ0v) is 11.2. The highest BCUT2D eigenvalue weighted by Gasteiger charge is 2.13. The van der Waals surface area contributed by atoms with E-state index in [9.17, 15) is 9.90 Å². The van der Waals surface area contributed by atoms with Gasteiger partial charge < -0.3 is 15.2 Å². The van der Waals surface area contributed by atoms with Crippen LogP contribution in [0.3, 0.4) is 0 Å². The van der Waals surface area contributed by atoms with E-state index in [0.29, 0.717) is 12.3 Å². The number of ether oxygens (including phenoxy) is 1. The molecule has 2 N–H and O–H groups in total. The van der Waals surface area contributed by atoms with Gasteiger partial charge in [-0.3, -0.25) is 4.79 Å². The third-order valence-electron chi connectivity index (χ3n) is 2.06. The van der Waals surface area contributed by atoms with Crippen LogP contribution in [0, 0.1) is 0 Å². The summed E-state index contributed by atoms with van der Waals surface area (Å²) in [5.74, 6) is -0.0836. The van der Waals surface area contributed by atoms with Crippen LogP contribution in [0.4, 0.5) is 0 Å². The standard InChI is InChI=1S/C11H14INO3/c1-16-9-5-2-4-8(10(9)14)11(15)13-7-3-6-12/h2,4-5,14H,3,6-7H2,1H3,(H,13,15).